The van der Waals surface area contributed by atoms with Gasteiger partial charge in [0, 0.05) is 10.9 Å². The monoisotopic (exact) mass is 301 g/mol. The summed E-state index contributed by atoms with van der Waals surface area (Å²) in [5.74, 6) is -1.49. The number of carbonyl (C=O) groups is 1. The lowest BCUT2D eigenvalue weighted by Gasteiger charge is -2.08. The van der Waals surface area contributed by atoms with Gasteiger partial charge in [-0.3, -0.25) is 0 Å². The van der Waals surface area contributed by atoms with Gasteiger partial charge in [0.05, 0.1) is 21.8 Å². The van der Waals surface area contributed by atoms with Crippen LogP contribution in [-0.2, 0) is 0 Å². The fourth-order valence-electron chi connectivity index (χ4n) is 2.19. The second-order valence-corrected chi connectivity index (χ2v) is 4.91. The van der Waals surface area contributed by atoms with Crippen molar-refractivity contribution < 1.29 is 14.3 Å². The molecule has 1 N–H and O–H groups in total. The maximum absolute atomic E-state index is 13.3. The third-order valence-electron chi connectivity index (χ3n) is 3.14. The molecule has 104 valence electrons. The molecule has 1 heterocycles. The van der Waals surface area contributed by atoms with Gasteiger partial charge in [-0.25, -0.2) is 14.2 Å². The van der Waals surface area contributed by atoms with Gasteiger partial charge in [0.1, 0.15) is 5.82 Å². The van der Waals surface area contributed by atoms with Crippen LogP contribution >= 0.6 is 11.6 Å². The molecule has 0 unspecified atom stereocenters. The van der Waals surface area contributed by atoms with Crippen molar-refractivity contribution in [3.8, 4) is 11.3 Å². The minimum Gasteiger partial charge on any atom is -0.478 e. The number of rotatable bonds is 2. The summed E-state index contributed by atoms with van der Waals surface area (Å²) in [6.45, 7) is 0. The van der Waals surface area contributed by atoms with Crippen LogP contribution in [0, 0.1) is 5.82 Å². The number of carboxylic acid groups (broad SMARTS) is 1. The minimum absolute atomic E-state index is 0.0850. The van der Waals surface area contributed by atoms with Crippen LogP contribution in [0.5, 0.6) is 0 Å². The number of pyridine rings is 1. The fourth-order valence-corrected chi connectivity index (χ4v) is 2.40. The normalized spacial score (nSPS) is 10.8. The van der Waals surface area contributed by atoms with Gasteiger partial charge in [0.15, 0.2) is 0 Å². The number of para-hydroxylation sites is 1. The molecule has 0 saturated heterocycles. The minimum atomic E-state index is -1.08. The Morgan fingerprint density at radius 3 is 2.62 bits per heavy atom. The number of hydrogen-bond donors (Lipinski definition) is 1. The Morgan fingerprint density at radius 1 is 1.14 bits per heavy atom. The topological polar surface area (TPSA) is 50.2 Å². The zero-order valence-corrected chi connectivity index (χ0v) is 11.4. The molecule has 21 heavy (non-hydrogen) atoms. The Labute approximate surface area is 124 Å². The molecule has 0 aliphatic carbocycles. The van der Waals surface area contributed by atoms with Gasteiger partial charge in [0.2, 0.25) is 0 Å². The molecule has 5 heteroatoms. The molecular formula is C16H9ClFNO2. The summed E-state index contributed by atoms with van der Waals surface area (Å²) >= 11 is 6.09. The molecule has 0 fully saturated rings. The van der Waals surface area contributed by atoms with Crippen LogP contribution in [0.3, 0.4) is 0 Å². The average Bonchev–Trinajstić information content (AvgIpc) is 2.46. The molecule has 0 atom stereocenters. The molecule has 3 aromatic rings. The Kier molecular flexibility index (Phi) is 3.31. The zero-order valence-electron chi connectivity index (χ0n) is 10.7. The second kappa shape index (κ2) is 5.14. The SMILES string of the molecule is O=C(O)c1cc(-c2cccc(F)c2)nc2c(Cl)cccc12. The Bertz CT molecular complexity index is 864. The van der Waals surface area contributed by atoms with Crippen molar-refractivity contribution in [3.05, 3.63) is 64.9 Å². The van der Waals surface area contributed by atoms with E-state index < -0.39 is 11.8 Å². The summed E-state index contributed by atoms with van der Waals surface area (Å²) < 4.78 is 13.3. The zero-order chi connectivity index (χ0) is 15.0. The first kappa shape index (κ1) is 13.5. The number of halogens is 2. The number of carboxylic acids is 1. The predicted octanol–water partition coefficient (Wildman–Crippen LogP) is 4.39. The molecule has 0 aliphatic rings. The highest BCUT2D eigenvalue weighted by Gasteiger charge is 2.14. The van der Waals surface area contributed by atoms with E-state index in [2.05, 4.69) is 4.98 Å². The molecule has 0 radical (unpaired) electrons. The van der Waals surface area contributed by atoms with Crippen LogP contribution in [0.25, 0.3) is 22.2 Å². The smallest absolute Gasteiger partial charge is 0.336 e. The van der Waals surface area contributed by atoms with E-state index in [1.54, 1.807) is 30.3 Å². The van der Waals surface area contributed by atoms with Crippen molar-refractivity contribution in [1.82, 2.24) is 4.98 Å². The highest BCUT2D eigenvalue weighted by atomic mass is 35.5. The lowest BCUT2D eigenvalue weighted by molar-refractivity contribution is 0.0699. The van der Waals surface area contributed by atoms with E-state index in [0.717, 1.165) is 0 Å². The predicted molar refractivity (Wildman–Crippen MR) is 79.1 cm³/mol. The number of benzene rings is 2. The van der Waals surface area contributed by atoms with Gasteiger partial charge >= 0.3 is 5.97 Å². The van der Waals surface area contributed by atoms with E-state index in [0.29, 0.717) is 27.2 Å². The van der Waals surface area contributed by atoms with Gasteiger partial charge in [-0.2, -0.15) is 0 Å². The first-order valence-corrected chi connectivity index (χ1v) is 6.52. The lowest BCUT2D eigenvalue weighted by Crippen LogP contribution is -2.00. The van der Waals surface area contributed by atoms with E-state index in [1.165, 1.54) is 18.2 Å². The summed E-state index contributed by atoms with van der Waals surface area (Å²) in [4.78, 5) is 15.8. The summed E-state index contributed by atoms with van der Waals surface area (Å²) in [6, 6.07) is 12.2. The Hall–Kier alpha value is -2.46. The Morgan fingerprint density at radius 2 is 1.90 bits per heavy atom. The van der Waals surface area contributed by atoms with Crippen LogP contribution in [-0.4, -0.2) is 16.1 Å². The molecule has 3 nitrogen and oxygen atoms in total. The second-order valence-electron chi connectivity index (χ2n) is 4.51. The molecule has 0 spiro atoms. The lowest BCUT2D eigenvalue weighted by atomic mass is 10.0. The molecule has 0 saturated carbocycles. The number of hydrogen-bond acceptors (Lipinski definition) is 2. The quantitative estimate of drug-likeness (QED) is 0.763. The summed E-state index contributed by atoms with van der Waals surface area (Å²) in [6.07, 6.45) is 0. The van der Waals surface area contributed by atoms with Gasteiger partial charge in [0.25, 0.3) is 0 Å². The molecular weight excluding hydrogens is 293 g/mol. The number of aromatic nitrogens is 1. The molecule has 0 amide bonds. The van der Waals surface area contributed by atoms with Crippen molar-refractivity contribution in [2.24, 2.45) is 0 Å². The van der Waals surface area contributed by atoms with Crippen molar-refractivity contribution in [2.45, 2.75) is 0 Å². The van der Waals surface area contributed by atoms with E-state index in [9.17, 15) is 14.3 Å². The van der Waals surface area contributed by atoms with Crippen LogP contribution in [0.2, 0.25) is 5.02 Å². The van der Waals surface area contributed by atoms with Gasteiger partial charge in [-0.1, -0.05) is 35.9 Å². The number of aromatic carboxylic acids is 1. The van der Waals surface area contributed by atoms with Gasteiger partial charge < -0.3 is 5.11 Å². The standard InChI is InChI=1S/C16H9ClFNO2/c17-13-6-2-5-11-12(16(20)21)8-14(19-15(11)13)9-3-1-4-10(18)7-9/h1-8H,(H,20,21). The van der Waals surface area contributed by atoms with Crippen LogP contribution in [0.15, 0.2) is 48.5 Å². The number of fused-ring (bicyclic) bond motifs is 1. The van der Waals surface area contributed by atoms with Gasteiger partial charge in [-0.15, -0.1) is 0 Å². The van der Waals surface area contributed by atoms with Crippen LogP contribution in [0.1, 0.15) is 10.4 Å². The van der Waals surface area contributed by atoms with Crippen molar-refractivity contribution in [2.75, 3.05) is 0 Å². The van der Waals surface area contributed by atoms with Crippen LogP contribution < -0.4 is 0 Å². The van der Waals surface area contributed by atoms with E-state index in [1.807, 2.05) is 0 Å². The first-order chi connectivity index (χ1) is 10.1. The van der Waals surface area contributed by atoms with Crippen molar-refractivity contribution in [1.29, 1.82) is 0 Å². The maximum atomic E-state index is 13.3. The van der Waals surface area contributed by atoms with E-state index >= 15 is 0 Å². The maximum Gasteiger partial charge on any atom is 0.336 e. The largest absolute Gasteiger partial charge is 0.478 e. The van der Waals surface area contributed by atoms with Crippen molar-refractivity contribution in [3.63, 3.8) is 0 Å². The third kappa shape index (κ3) is 2.45. The van der Waals surface area contributed by atoms with E-state index in [-0.39, 0.29) is 5.56 Å². The highest BCUT2D eigenvalue weighted by Crippen LogP contribution is 2.29. The molecule has 0 aliphatic heterocycles. The average molecular weight is 302 g/mol. The first-order valence-electron chi connectivity index (χ1n) is 6.15. The number of nitrogens with zero attached hydrogens (tertiary/aromatic N) is 1. The fraction of sp³-hybridized carbons (Fsp3) is 0. The van der Waals surface area contributed by atoms with E-state index in [4.69, 9.17) is 11.6 Å². The van der Waals surface area contributed by atoms with Crippen LogP contribution in [0.4, 0.5) is 4.39 Å². The van der Waals surface area contributed by atoms with Gasteiger partial charge in [-0.05, 0) is 24.3 Å². The molecule has 0 bridgehead atoms. The van der Waals surface area contributed by atoms with Crippen molar-refractivity contribution >= 4 is 28.5 Å². The molecule has 1 aromatic heterocycles. The summed E-state index contributed by atoms with van der Waals surface area (Å²) in [7, 11) is 0. The third-order valence-corrected chi connectivity index (χ3v) is 3.45. The summed E-state index contributed by atoms with van der Waals surface area (Å²) in [5.41, 5.74) is 1.34. The Balaban J connectivity index is 2.35. The molecule has 3 rings (SSSR count). The summed E-state index contributed by atoms with van der Waals surface area (Å²) in [5, 5.41) is 10.2. The molecule has 2 aromatic carbocycles. The highest BCUT2D eigenvalue weighted by molar-refractivity contribution is 6.35.